The number of hydrogen-bond donors (Lipinski definition) is 0. The van der Waals surface area contributed by atoms with Crippen LogP contribution in [0, 0.1) is 18.3 Å². The Morgan fingerprint density at radius 3 is 2.45 bits per heavy atom. The van der Waals surface area contributed by atoms with Crippen LogP contribution in [0.4, 0.5) is 5.69 Å². The highest BCUT2D eigenvalue weighted by atomic mass is 16.5. The van der Waals surface area contributed by atoms with E-state index in [2.05, 4.69) is 42.2 Å². The molecule has 0 aromatic heterocycles. The van der Waals surface area contributed by atoms with Gasteiger partial charge in [-0.05, 0) is 36.8 Å². The highest BCUT2D eigenvalue weighted by molar-refractivity contribution is 5.49. The summed E-state index contributed by atoms with van der Waals surface area (Å²) in [6.45, 7) is 2.83. The molecule has 2 aromatic rings. The Bertz CT molecular complexity index is 626. The normalized spacial score (nSPS) is 9.90. The largest absolute Gasteiger partial charge is 0.495 e. The predicted molar refractivity (Wildman–Crippen MR) is 81.0 cm³/mol. The molecule has 0 saturated heterocycles. The second-order valence-corrected chi connectivity index (χ2v) is 4.84. The lowest BCUT2D eigenvalue weighted by Crippen LogP contribution is -2.16. The first-order valence-corrected chi connectivity index (χ1v) is 6.49. The summed E-state index contributed by atoms with van der Waals surface area (Å²) in [5.74, 6) is 0.620. The highest BCUT2D eigenvalue weighted by Gasteiger charge is 2.06. The first-order chi connectivity index (χ1) is 9.63. The van der Waals surface area contributed by atoms with Crippen LogP contribution in [0.15, 0.2) is 42.5 Å². The van der Waals surface area contributed by atoms with Crippen LogP contribution in [0.5, 0.6) is 5.75 Å². The summed E-state index contributed by atoms with van der Waals surface area (Å²) < 4.78 is 5.16. The van der Waals surface area contributed by atoms with Crippen LogP contribution in [0.3, 0.4) is 0 Å². The van der Waals surface area contributed by atoms with Crippen LogP contribution in [-0.2, 0) is 6.54 Å². The molecule has 102 valence electrons. The third kappa shape index (κ3) is 3.10. The van der Waals surface area contributed by atoms with E-state index >= 15 is 0 Å². The van der Waals surface area contributed by atoms with Crippen molar-refractivity contribution < 1.29 is 4.74 Å². The molecule has 0 atom stereocenters. The minimum atomic E-state index is 0.572. The van der Waals surface area contributed by atoms with Crippen molar-refractivity contribution in [2.75, 3.05) is 19.1 Å². The maximum absolute atomic E-state index is 9.11. The van der Waals surface area contributed by atoms with Crippen molar-refractivity contribution in [1.29, 1.82) is 5.26 Å². The predicted octanol–water partition coefficient (Wildman–Crippen LogP) is 3.51. The molecule has 2 aromatic carbocycles. The third-order valence-electron chi connectivity index (χ3n) is 3.28. The molecule has 3 heteroatoms. The van der Waals surface area contributed by atoms with Crippen molar-refractivity contribution in [3.8, 4) is 11.8 Å². The molecule has 0 unspecified atom stereocenters. The van der Waals surface area contributed by atoms with Crippen LogP contribution >= 0.6 is 0 Å². The van der Waals surface area contributed by atoms with Gasteiger partial charge in [0, 0.05) is 19.3 Å². The lowest BCUT2D eigenvalue weighted by molar-refractivity contribution is 0.413. The Balaban J connectivity index is 2.17. The maximum Gasteiger partial charge on any atom is 0.136 e. The fourth-order valence-electron chi connectivity index (χ4n) is 2.11. The molecule has 0 bridgehead atoms. The van der Waals surface area contributed by atoms with Gasteiger partial charge in [0.05, 0.1) is 12.7 Å². The number of anilines is 1. The average molecular weight is 266 g/mol. The van der Waals surface area contributed by atoms with Crippen LogP contribution in [-0.4, -0.2) is 14.2 Å². The summed E-state index contributed by atoms with van der Waals surface area (Å²) in [5.41, 5.74) is 4.07. The summed E-state index contributed by atoms with van der Waals surface area (Å²) in [7, 11) is 3.62. The van der Waals surface area contributed by atoms with E-state index in [1.165, 1.54) is 5.56 Å². The summed E-state index contributed by atoms with van der Waals surface area (Å²) in [6, 6.07) is 16.3. The van der Waals surface area contributed by atoms with Crippen LogP contribution in [0.2, 0.25) is 0 Å². The van der Waals surface area contributed by atoms with Gasteiger partial charge in [-0.25, -0.2) is 0 Å². The molecule has 0 heterocycles. The second kappa shape index (κ2) is 6.12. The van der Waals surface area contributed by atoms with Gasteiger partial charge < -0.3 is 9.64 Å². The van der Waals surface area contributed by atoms with Gasteiger partial charge in [-0.1, -0.05) is 23.8 Å². The molecule has 3 nitrogen and oxygen atoms in total. The quantitative estimate of drug-likeness (QED) is 0.849. The molecule has 0 radical (unpaired) electrons. The molecular formula is C17H18N2O. The van der Waals surface area contributed by atoms with E-state index in [-0.39, 0.29) is 0 Å². The Morgan fingerprint density at radius 1 is 1.15 bits per heavy atom. The van der Waals surface area contributed by atoms with Crippen molar-refractivity contribution in [3.05, 3.63) is 59.2 Å². The second-order valence-electron chi connectivity index (χ2n) is 4.84. The summed E-state index contributed by atoms with van der Waals surface area (Å²) in [4.78, 5) is 2.16. The van der Waals surface area contributed by atoms with Gasteiger partial charge in [0.15, 0.2) is 0 Å². The average Bonchev–Trinajstić information content (AvgIpc) is 2.47. The van der Waals surface area contributed by atoms with Crippen molar-refractivity contribution >= 4 is 5.69 Å². The third-order valence-corrected chi connectivity index (χ3v) is 3.28. The van der Waals surface area contributed by atoms with Gasteiger partial charge in [0.1, 0.15) is 11.8 Å². The Hall–Kier alpha value is -2.47. The molecule has 0 N–H and O–H groups in total. The zero-order valence-electron chi connectivity index (χ0n) is 12.1. The highest BCUT2D eigenvalue weighted by Crippen LogP contribution is 2.21. The van der Waals surface area contributed by atoms with E-state index in [9.17, 15) is 0 Å². The van der Waals surface area contributed by atoms with Crippen molar-refractivity contribution in [2.45, 2.75) is 13.5 Å². The number of nitriles is 1. The monoisotopic (exact) mass is 266 g/mol. The molecular weight excluding hydrogens is 248 g/mol. The molecule has 0 aliphatic rings. The zero-order valence-corrected chi connectivity index (χ0v) is 12.1. The van der Waals surface area contributed by atoms with Gasteiger partial charge in [0.25, 0.3) is 0 Å². The van der Waals surface area contributed by atoms with E-state index < -0.39 is 0 Å². The molecule has 0 aliphatic heterocycles. The Morgan fingerprint density at radius 2 is 1.85 bits per heavy atom. The maximum atomic E-state index is 9.11. The van der Waals surface area contributed by atoms with E-state index in [0.717, 1.165) is 17.8 Å². The molecule has 0 spiro atoms. The number of rotatable bonds is 4. The van der Waals surface area contributed by atoms with E-state index in [0.29, 0.717) is 11.3 Å². The fourth-order valence-corrected chi connectivity index (χ4v) is 2.11. The number of hydrogen-bond acceptors (Lipinski definition) is 3. The SMILES string of the molecule is COc1ccc(CN(C)c2ccc(C)cc2)cc1C#N. The summed E-state index contributed by atoms with van der Waals surface area (Å²) >= 11 is 0. The number of ether oxygens (including phenoxy) is 1. The van der Waals surface area contributed by atoms with E-state index in [1.54, 1.807) is 7.11 Å². The minimum Gasteiger partial charge on any atom is -0.495 e. The molecule has 20 heavy (non-hydrogen) atoms. The first kappa shape index (κ1) is 14.0. The van der Waals surface area contributed by atoms with E-state index in [1.807, 2.05) is 25.2 Å². The van der Waals surface area contributed by atoms with Gasteiger partial charge >= 0.3 is 0 Å². The number of nitrogens with zero attached hydrogens (tertiary/aromatic N) is 2. The lowest BCUT2D eigenvalue weighted by atomic mass is 10.1. The first-order valence-electron chi connectivity index (χ1n) is 6.49. The molecule has 2 rings (SSSR count). The number of benzene rings is 2. The van der Waals surface area contributed by atoms with Gasteiger partial charge in [-0.3, -0.25) is 0 Å². The topological polar surface area (TPSA) is 36.3 Å². The molecule has 0 amide bonds. The zero-order chi connectivity index (χ0) is 14.5. The summed E-state index contributed by atoms with van der Waals surface area (Å²) in [5, 5.41) is 9.11. The van der Waals surface area contributed by atoms with E-state index in [4.69, 9.17) is 10.00 Å². The lowest BCUT2D eigenvalue weighted by Gasteiger charge is -2.20. The number of aryl methyl sites for hydroxylation is 1. The van der Waals surface area contributed by atoms with Crippen LogP contribution in [0.1, 0.15) is 16.7 Å². The van der Waals surface area contributed by atoms with Crippen molar-refractivity contribution in [2.24, 2.45) is 0 Å². The van der Waals surface area contributed by atoms with Crippen LogP contribution in [0.25, 0.3) is 0 Å². The van der Waals surface area contributed by atoms with Crippen LogP contribution < -0.4 is 9.64 Å². The van der Waals surface area contributed by atoms with Crippen molar-refractivity contribution in [3.63, 3.8) is 0 Å². The van der Waals surface area contributed by atoms with Crippen molar-refractivity contribution in [1.82, 2.24) is 0 Å². The summed E-state index contributed by atoms with van der Waals surface area (Å²) in [6.07, 6.45) is 0. The molecule has 0 fully saturated rings. The van der Waals surface area contributed by atoms with Gasteiger partial charge in [0.2, 0.25) is 0 Å². The Labute approximate surface area is 120 Å². The standard InChI is InChI=1S/C17H18N2O/c1-13-4-7-16(8-5-13)19(2)12-14-6-9-17(20-3)15(10-14)11-18/h4-10H,12H2,1-3H3. The molecule has 0 saturated carbocycles. The van der Waals surface area contributed by atoms with Gasteiger partial charge in [-0.2, -0.15) is 5.26 Å². The molecule has 0 aliphatic carbocycles. The smallest absolute Gasteiger partial charge is 0.136 e. The number of methoxy groups -OCH3 is 1. The minimum absolute atomic E-state index is 0.572. The fraction of sp³-hybridized carbons (Fsp3) is 0.235. The van der Waals surface area contributed by atoms with Gasteiger partial charge in [-0.15, -0.1) is 0 Å². The Kier molecular flexibility index (Phi) is 4.27.